The largest absolute Gasteiger partial charge is 0.476 e. The van der Waals surface area contributed by atoms with Crippen LogP contribution in [-0.2, 0) is 10.2 Å². The molecule has 1 aliphatic rings. The first kappa shape index (κ1) is 17.2. The number of rotatable bonds is 7. The minimum atomic E-state index is 0.0259. The van der Waals surface area contributed by atoms with Crippen molar-refractivity contribution in [3.8, 4) is 5.88 Å². The molecule has 1 saturated heterocycles. The summed E-state index contributed by atoms with van der Waals surface area (Å²) in [6, 6.07) is 0. The van der Waals surface area contributed by atoms with Crippen molar-refractivity contribution >= 4 is 0 Å². The van der Waals surface area contributed by atoms with Crippen molar-refractivity contribution in [2.24, 2.45) is 5.92 Å². The van der Waals surface area contributed by atoms with Gasteiger partial charge in [0.15, 0.2) is 0 Å². The van der Waals surface area contributed by atoms with Gasteiger partial charge in [0.1, 0.15) is 0 Å². The first-order valence-corrected chi connectivity index (χ1v) is 8.14. The van der Waals surface area contributed by atoms with Gasteiger partial charge in [0.2, 0.25) is 5.88 Å². The van der Waals surface area contributed by atoms with Crippen molar-refractivity contribution in [2.75, 3.05) is 32.8 Å². The number of aromatic nitrogens is 2. The molecule has 2 rings (SSSR count). The van der Waals surface area contributed by atoms with Crippen molar-refractivity contribution in [3.05, 3.63) is 18.1 Å². The van der Waals surface area contributed by atoms with Gasteiger partial charge in [0.05, 0.1) is 37.4 Å². The first-order valence-electron chi connectivity index (χ1n) is 8.14. The Morgan fingerprint density at radius 2 is 1.95 bits per heavy atom. The van der Waals surface area contributed by atoms with Gasteiger partial charge in [-0.2, -0.15) is 0 Å². The smallest absolute Gasteiger partial charge is 0.232 e. The Hall–Kier alpha value is -1.20. The van der Waals surface area contributed by atoms with Crippen molar-refractivity contribution in [3.63, 3.8) is 0 Å². The van der Waals surface area contributed by atoms with Gasteiger partial charge in [-0.3, -0.25) is 4.98 Å². The SMILES string of the molecule is CC(C)OCCN1CC(COc2cnc(C(C)(C)C)cn2)C1. The Balaban J connectivity index is 1.64. The standard InChI is InChI=1S/C17H29N3O2/c1-13(2)21-7-6-20-10-14(11-20)12-22-16-9-18-15(8-19-16)17(3,4)5/h8-9,13-14H,6-7,10-12H2,1-5H3. The van der Waals surface area contributed by atoms with E-state index in [9.17, 15) is 0 Å². The number of hydrogen-bond donors (Lipinski definition) is 0. The minimum absolute atomic E-state index is 0.0259. The van der Waals surface area contributed by atoms with Gasteiger partial charge >= 0.3 is 0 Å². The molecule has 0 atom stereocenters. The second-order valence-electron chi connectivity index (χ2n) is 7.35. The second kappa shape index (κ2) is 7.38. The molecule has 2 heterocycles. The van der Waals surface area contributed by atoms with E-state index in [-0.39, 0.29) is 5.41 Å². The topological polar surface area (TPSA) is 47.5 Å². The molecule has 1 aliphatic heterocycles. The molecule has 0 saturated carbocycles. The van der Waals surface area contributed by atoms with Crippen molar-refractivity contribution < 1.29 is 9.47 Å². The summed E-state index contributed by atoms with van der Waals surface area (Å²) in [6.45, 7) is 15.2. The zero-order valence-electron chi connectivity index (χ0n) is 14.5. The Morgan fingerprint density at radius 1 is 1.23 bits per heavy atom. The van der Waals surface area contributed by atoms with Crippen LogP contribution in [0.3, 0.4) is 0 Å². The summed E-state index contributed by atoms with van der Waals surface area (Å²) in [4.78, 5) is 11.2. The van der Waals surface area contributed by atoms with E-state index >= 15 is 0 Å². The van der Waals surface area contributed by atoms with Crippen molar-refractivity contribution in [1.82, 2.24) is 14.9 Å². The van der Waals surface area contributed by atoms with Crippen LogP contribution in [0.25, 0.3) is 0 Å². The Morgan fingerprint density at radius 3 is 2.50 bits per heavy atom. The molecule has 0 bridgehead atoms. The third-order valence-electron chi connectivity index (χ3n) is 3.75. The average molecular weight is 307 g/mol. The van der Waals surface area contributed by atoms with E-state index in [1.807, 2.05) is 6.20 Å². The molecule has 0 amide bonds. The third kappa shape index (κ3) is 5.21. The van der Waals surface area contributed by atoms with Crippen LogP contribution in [0.5, 0.6) is 5.88 Å². The molecule has 5 heteroatoms. The molecule has 0 spiro atoms. The predicted molar refractivity (Wildman–Crippen MR) is 87.2 cm³/mol. The van der Waals surface area contributed by atoms with Gasteiger partial charge < -0.3 is 14.4 Å². The highest BCUT2D eigenvalue weighted by molar-refractivity contribution is 5.13. The fourth-order valence-corrected chi connectivity index (χ4v) is 2.36. The number of ether oxygens (including phenoxy) is 2. The Kier molecular flexibility index (Phi) is 5.75. The van der Waals surface area contributed by atoms with Crippen LogP contribution >= 0.6 is 0 Å². The molecule has 1 aromatic rings. The van der Waals surface area contributed by atoms with Crippen LogP contribution < -0.4 is 4.74 Å². The van der Waals surface area contributed by atoms with Crippen molar-refractivity contribution in [2.45, 2.75) is 46.1 Å². The summed E-state index contributed by atoms with van der Waals surface area (Å²) in [7, 11) is 0. The van der Waals surface area contributed by atoms with Gasteiger partial charge in [0.25, 0.3) is 0 Å². The quantitative estimate of drug-likeness (QED) is 0.774. The van der Waals surface area contributed by atoms with Crippen LogP contribution in [-0.4, -0.2) is 53.8 Å². The van der Waals surface area contributed by atoms with Gasteiger partial charge in [0, 0.05) is 31.0 Å². The molecule has 124 valence electrons. The van der Waals surface area contributed by atoms with Gasteiger partial charge in [-0.1, -0.05) is 20.8 Å². The fraction of sp³-hybridized carbons (Fsp3) is 0.765. The fourth-order valence-electron chi connectivity index (χ4n) is 2.36. The number of likely N-dealkylation sites (tertiary alicyclic amines) is 1. The minimum Gasteiger partial charge on any atom is -0.476 e. The van der Waals surface area contributed by atoms with Gasteiger partial charge in [-0.15, -0.1) is 0 Å². The molecule has 5 nitrogen and oxygen atoms in total. The summed E-state index contributed by atoms with van der Waals surface area (Å²) in [6.07, 6.45) is 3.86. The van der Waals surface area contributed by atoms with E-state index in [1.54, 1.807) is 6.20 Å². The zero-order chi connectivity index (χ0) is 16.2. The lowest BCUT2D eigenvalue weighted by Crippen LogP contribution is -2.50. The van der Waals surface area contributed by atoms with E-state index < -0.39 is 0 Å². The summed E-state index contributed by atoms with van der Waals surface area (Å²) in [5, 5.41) is 0. The van der Waals surface area contributed by atoms with Crippen LogP contribution in [0.2, 0.25) is 0 Å². The molecule has 0 aliphatic carbocycles. The monoisotopic (exact) mass is 307 g/mol. The summed E-state index contributed by atoms with van der Waals surface area (Å²) < 4.78 is 11.3. The van der Waals surface area contributed by atoms with E-state index in [0.29, 0.717) is 24.5 Å². The van der Waals surface area contributed by atoms with E-state index in [1.165, 1.54) is 0 Å². The summed E-state index contributed by atoms with van der Waals surface area (Å²) in [5.41, 5.74) is 1.01. The maximum atomic E-state index is 5.74. The van der Waals surface area contributed by atoms with E-state index in [4.69, 9.17) is 9.47 Å². The van der Waals surface area contributed by atoms with Crippen LogP contribution in [0.4, 0.5) is 0 Å². The molecule has 22 heavy (non-hydrogen) atoms. The predicted octanol–water partition coefficient (Wildman–Crippen LogP) is 2.51. The highest BCUT2D eigenvalue weighted by atomic mass is 16.5. The van der Waals surface area contributed by atoms with Crippen LogP contribution in [0, 0.1) is 5.92 Å². The van der Waals surface area contributed by atoms with Gasteiger partial charge in [-0.25, -0.2) is 4.98 Å². The lowest BCUT2D eigenvalue weighted by Gasteiger charge is -2.38. The zero-order valence-corrected chi connectivity index (χ0v) is 14.5. The molecule has 1 fully saturated rings. The number of hydrogen-bond acceptors (Lipinski definition) is 5. The molecule has 1 aromatic heterocycles. The average Bonchev–Trinajstić information content (AvgIpc) is 2.39. The second-order valence-corrected chi connectivity index (χ2v) is 7.35. The molecule has 0 aromatic carbocycles. The van der Waals surface area contributed by atoms with E-state index in [2.05, 4.69) is 49.5 Å². The third-order valence-corrected chi connectivity index (χ3v) is 3.75. The van der Waals surface area contributed by atoms with Gasteiger partial charge in [-0.05, 0) is 13.8 Å². The van der Waals surface area contributed by atoms with E-state index in [0.717, 1.165) is 31.9 Å². The lowest BCUT2D eigenvalue weighted by atomic mass is 9.93. The molecule has 0 radical (unpaired) electrons. The normalized spacial score (nSPS) is 16.8. The molecule has 0 N–H and O–H groups in total. The van der Waals surface area contributed by atoms with Crippen molar-refractivity contribution in [1.29, 1.82) is 0 Å². The highest BCUT2D eigenvalue weighted by Gasteiger charge is 2.27. The van der Waals surface area contributed by atoms with Crippen LogP contribution in [0.15, 0.2) is 12.4 Å². The first-order chi connectivity index (χ1) is 10.3. The maximum absolute atomic E-state index is 5.74. The van der Waals surface area contributed by atoms with Crippen LogP contribution in [0.1, 0.15) is 40.3 Å². The summed E-state index contributed by atoms with van der Waals surface area (Å²) >= 11 is 0. The molecule has 0 unspecified atom stereocenters. The highest BCUT2D eigenvalue weighted by Crippen LogP contribution is 2.21. The Labute approximate surface area is 134 Å². The molecular weight excluding hydrogens is 278 g/mol. The number of nitrogens with zero attached hydrogens (tertiary/aromatic N) is 3. The summed E-state index contributed by atoms with van der Waals surface area (Å²) in [5.74, 6) is 1.21. The lowest BCUT2D eigenvalue weighted by molar-refractivity contribution is 0.0118. The Bertz CT molecular complexity index is 448. The maximum Gasteiger partial charge on any atom is 0.232 e. The molecular formula is C17H29N3O2.